The van der Waals surface area contributed by atoms with Crippen LogP contribution in [0.5, 0.6) is 11.5 Å². The molecule has 2 N–H and O–H groups in total. The van der Waals surface area contributed by atoms with Gasteiger partial charge in [-0.15, -0.1) is 0 Å². The summed E-state index contributed by atoms with van der Waals surface area (Å²) in [6.45, 7) is 11.3. The van der Waals surface area contributed by atoms with Crippen molar-refractivity contribution in [3.05, 3.63) is 60.0 Å². The molecule has 0 unspecified atom stereocenters. The van der Waals surface area contributed by atoms with E-state index in [-0.39, 0.29) is 5.91 Å². The second kappa shape index (κ2) is 11.9. The van der Waals surface area contributed by atoms with Gasteiger partial charge in [0.15, 0.2) is 0 Å². The Labute approximate surface area is 213 Å². The van der Waals surface area contributed by atoms with Crippen LogP contribution < -0.4 is 25.0 Å². The van der Waals surface area contributed by atoms with Crippen molar-refractivity contribution in [1.82, 2.24) is 14.9 Å². The summed E-state index contributed by atoms with van der Waals surface area (Å²) in [5.41, 5.74) is 3.99. The van der Waals surface area contributed by atoms with E-state index in [4.69, 9.17) is 9.47 Å². The van der Waals surface area contributed by atoms with Gasteiger partial charge in [-0.25, -0.2) is 4.98 Å². The first-order chi connectivity index (χ1) is 17.5. The summed E-state index contributed by atoms with van der Waals surface area (Å²) >= 11 is 0. The molecule has 1 fully saturated rings. The minimum Gasteiger partial charge on any atom is -0.492 e. The molecule has 3 aromatic rings. The largest absolute Gasteiger partial charge is 0.492 e. The van der Waals surface area contributed by atoms with Gasteiger partial charge in [-0.3, -0.25) is 4.79 Å². The molecule has 1 aliphatic rings. The lowest BCUT2D eigenvalue weighted by Crippen LogP contribution is -2.43. The smallest absolute Gasteiger partial charge is 0.222 e. The van der Waals surface area contributed by atoms with Gasteiger partial charge in [0.05, 0.1) is 24.6 Å². The Kier molecular flexibility index (Phi) is 8.48. The highest BCUT2D eigenvalue weighted by Gasteiger charge is 2.25. The number of aryl methyl sites for hydroxylation is 1. The predicted octanol–water partition coefficient (Wildman–Crippen LogP) is 4.70. The first kappa shape index (κ1) is 25.6. The number of carbonyl (C=O) groups is 1. The van der Waals surface area contributed by atoms with Crippen LogP contribution in [0.15, 0.2) is 48.8 Å². The number of rotatable bonds is 10. The van der Waals surface area contributed by atoms with E-state index < -0.39 is 0 Å². The van der Waals surface area contributed by atoms with Gasteiger partial charge in [-0.1, -0.05) is 0 Å². The third-order valence-electron chi connectivity index (χ3n) is 6.34. The highest BCUT2D eigenvalue weighted by Crippen LogP contribution is 2.37. The van der Waals surface area contributed by atoms with E-state index >= 15 is 0 Å². The number of piperidine rings is 1. The second-order valence-electron chi connectivity index (χ2n) is 8.99. The maximum absolute atomic E-state index is 11.5. The molecule has 1 saturated heterocycles. The average Bonchev–Trinajstić information content (AvgIpc) is 3.38. The standard InChI is InChI=1S/C28H37N5O3/c1-5-35-25-17-22(18-26(36-6-2)28(25)32-15-7-8-16-32)19-33(23-11-13-29-14-12-23)24-9-10-27(30-20(24)3)31-21(4)34/h7-10,15-18,23,29H,5-6,11-14,19H2,1-4H3,(H,30,31,34). The first-order valence-corrected chi connectivity index (χ1v) is 12.8. The zero-order valence-corrected chi connectivity index (χ0v) is 21.7. The summed E-state index contributed by atoms with van der Waals surface area (Å²) < 4.78 is 14.3. The number of amides is 1. The molecule has 4 rings (SSSR count). The minimum atomic E-state index is -0.125. The summed E-state index contributed by atoms with van der Waals surface area (Å²) in [4.78, 5) is 18.6. The van der Waals surface area contributed by atoms with Gasteiger partial charge in [0, 0.05) is 31.9 Å². The van der Waals surface area contributed by atoms with Gasteiger partial charge < -0.3 is 29.6 Å². The highest BCUT2D eigenvalue weighted by atomic mass is 16.5. The molecule has 0 bridgehead atoms. The maximum Gasteiger partial charge on any atom is 0.222 e. The van der Waals surface area contributed by atoms with Crippen LogP contribution in [0.3, 0.4) is 0 Å². The average molecular weight is 492 g/mol. The van der Waals surface area contributed by atoms with E-state index in [0.29, 0.717) is 31.6 Å². The third kappa shape index (κ3) is 5.99. The molecular formula is C28H37N5O3. The number of nitrogens with one attached hydrogen (secondary N) is 2. The lowest BCUT2D eigenvalue weighted by molar-refractivity contribution is -0.114. The molecule has 0 radical (unpaired) electrons. The minimum absolute atomic E-state index is 0.125. The molecule has 0 atom stereocenters. The van der Waals surface area contributed by atoms with Crippen LogP contribution in [0.1, 0.15) is 44.9 Å². The topological polar surface area (TPSA) is 80.7 Å². The SMILES string of the molecule is CCOc1cc(CN(c2ccc(NC(C)=O)nc2C)C2CCNCC2)cc(OCC)c1-n1cccc1. The fourth-order valence-corrected chi connectivity index (χ4v) is 4.83. The molecule has 0 saturated carbocycles. The Hall–Kier alpha value is -3.52. The molecule has 8 heteroatoms. The van der Waals surface area contributed by atoms with E-state index in [1.807, 2.05) is 55.9 Å². The Bertz CT molecular complexity index is 1130. The normalized spacial score (nSPS) is 13.9. The zero-order valence-electron chi connectivity index (χ0n) is 21.7. The van der Waals surface area contributed by atoms with Crippen LogP contribution in [-0.2, 0) is 11.3 Å². The van der Waals surface area contributed by atoms with E-state index in [9.17, 15) is 4.79 Å². The lowest BCUT2D eigenvalue weighted by atomic mass is 10.0. The van der Waals surface area contributed by atoms with Crippen LogP contribution in [0, 0.1) is 6.92 Å². The molecule has 8 nitrogen and oxygen atoms in total. The van der Waals surface area contributed by atoms with E-state index in [2.05, 4.69) is 38.7 Å². The Morgan fingerprint density at radius 2 is 1.75 bits per heavy atom. The molecule has 1 aliphatic heterocycles. The number of ether oxygens (including phenoxy) is 2. The van der Waals surface area contributed by atoms with Crippen LogP contribution >= 0.6 is 0 Å². The van der Waals surface area contributed by atoms with Crippen molar-refractivity contribution in [1.29, 1.82) is 0 Å². The quantitative estimate of drug-likeness (QED) is 0.428. The van der Waals surface area contributed by atoms with Crippen molar-refractivity contribution in [3.8, 4) is 17.2 Å². The monoisotopic (exact) mass is 491 g/mol. The predicted molar refractivity (Wildman–Crippen MR) is 143 cm³/mol. The van der Waals surface area contributed by atoms with Crippen LogP contribution in [0.2, 0.25) is 0 Å². The summed E-state index contributed by atoms with van der Waals surface area (Å²) in [6, 6.07) is 12.6. The molecule has 1 aromatic carbocycles. The summed E-state index contributed by atoms with van der Waals surface area (Å²) in [6.07, 6.45) is 6.11. The summed E-state index contributed by atoms with van der Waals surface area (Å²) in [7, 11) is 0. The van der Waals surface area contributed by atoms with Crippen molar-refractivity contribution in [2.24, 2.45) is 0 Å². The van der Waals surface area contributed by atoms with Gasteiger partial charge in [0.25, 0.3) is 0 Å². The van der Waals surface area contributed by atoms with Gasteiger partial charge in [-0.05, 0) is 88.7 Å². The Balaban J connectivity index is 1.74. The van der Waals surface area contributed by atoms with Crippen LogP contribution in [0.25, 0.3) is 5.69 Å². The Morgan fingerprint density at radius 3 is 2.31 bits per heavy atom. The molecule has 3 heterocycles. The molecule has 36 heavy (non-hydrogen) atoms. The lowest BCUT2D eigenvalue weighted by Gasteiger charge is -2.37. The number of anilines is 2. The Morgan fingerprint density at radius 1 is 1.11 bits per heavy atom. The van der Waals surface area contributed by atoms with Gasteiger partial charge in [-0.2, -0.15) is 0 Å². The number of pyridine rings is 1. The summed E-state index contributed by atoms with van der Waals surface area (Å²) in [5, 5.41) is 6.26. The maximum atomic E-state index is 11.5. The number of nitrogens with zero attached hydrogens (tertiary/aromatic N) is 3. The number of hydrogen-bond acceptors (Lipinski definition) is 6. The van der Waals surface area contributed by atoms with E-state index in [1.165, 1.54) is 6.92 Å². The molecule has 192 valence electrons. The number of aromatic nitrogens is 2. The van der Waals surface area contributed by atoms with E-state index in [0.717, 1.165) is 60.1 Å². The zero-order chi connectivity index (χ0) is 25.5. The fraction of sp³-hybridized carbons (Fsp3) is 0.429. The molecule has 0 spiro atoms. The third-order valence-corrected chi connectivity index (χ3v) is 6.34. The fourth-order valence-electron chi connectivity index (χ4n) is 4.83. The molecule has 0 aliphatic carbocycles. The van der Waals surface area contributed by atoms with E-state index in [1.54, 1.807) is 0 Å². The van der Waals surface area contributed by atoms with Gasteiger partial charge in [0.1, 0.15) is 23.0 Å². The second-order valence-corrected chi connectivity index (χ2v) is 8.99. The van der Waals surface area contributed by atoms with Crippen molar-refractivity contribution in [3.63, 3.8) is 0 Å². The van der Waals surface area contributed by atoms with Crippen LogP contribution in [-0.4, -0.2) is 47.8 Å². The van der Waals surface area contributed by atoms with Crippen molar-refractivity contribution >= 4 is 17.4 Å². The van der Waals surface area contributed by atoms with Crippen molar-refractivity contribution < 1.29 is 14.3 Å². The van der Waals surface area contributed by atoms with Crippen LogP contribution in [0.4, 0.5) is 11.5 Å². The first-order valence-electron chi connectivity index (χ1n) is 12.8. The van der Waals surface area contributed by atoms with Crippen molar-refractivity contribution in [2.45, 2.75) is 53.1 Å². The van der Waals surface area contributed by atoms with Crippen molar-refractivity contribution in [2.75, 3.05) is 36.5 Å². The molecule has 2 aromatic heterocycles. The molecular weight excluding hydrogens is 454 g/mol. The highest BCUT2D eigenvalue weighted by molar-refractivity contribution is 5.87. The molecule has 1 amide bonds. The van der Waals surface area contributed by atoms with Gasteiger partial charge in [0.2, 0.25) is 5.91 Å². The number of hydrogen-bond donors (Lipinski definition) is 2. The summed E-state index contributed by atoms with van der Waals surface area (Å²) in [5.74, 6) is 2.05. The number of benzene rings is 1. The van der Waals surface area contributed by atoms with Gasteiger partial charge >= 0.3 is 0 Å². The number of carbonyl (C=O) groups excluding carboxylic acids is 1.